The molecule has 3 rings (SSSR count). The summed E-state index contributed by atoms with van der Waals surface area (Å²) in [6.07, 6.45) is 4.53. The lowest BCUT2D eigenvalue weighted by Crippen LogP contribution is -2.30. The minimum atomic E-state index is -0.655. The molecule has 1 N–H and O–H groups in total. The van der Waals surface area contributed by atoms with Gasteiger partial charge in [0.1, 0.15) is 5.82 Å². The van der Waals surface area contributed by atoms with Gasteiger partial charge in [0.05, 0.1) is 12.6 Å². The van der Waals surface area contributed by atoms with Crippen molar-refractivity contribution in [3.05, 3.63) is 47.4 Å². The number of unbranched alkanes of at least 4 members (excludes halogenated alkanes) is 1. The predicted molar refractivity (Wildman–Crippen MR) is 87.7 cm³/mol. The quantitative estimate of drug-likeness (QED) is 0.763. The van der Waals surface area contributed by atoms with Crippen LogP contribution in [0, 0.1) is 5.82 Å². The summed E-state index contributed by atoms with van der Waals surface area (Å²) in [5, 5.41) is 14.5. The van der Waals surface area contributed by atoms with Crippen LogP contribution in [0.15, 0.2) is 28.8 Å². The number of aliphatic hydroxyl groups is 1. The molecular weight excluding hydrogens is 309 g/mol. The maximum atomic E-state index is 13.0. The molecule has 1 aromatic carbocycles. The Kier molecular flexibility index (Phi) is 5.58. The third kappa shape index (κ3) is 4.61. The van der Waals surface area contributed by atoms with Gasteiger partial charge in [0.2, 0.25) is 5.89 Å². The Morgan fingerprint density at radius 1 is 1.33 bits per heavy atom. The van der Waals surface area contributed by atoms with Crippen molar-refractivity contribution in [1.29, 1.82) is 0 Å². The summed E-state index contributed by atoms with van der Waals surface area (Å²) in [6.45, 7) is 3.18. The second kappa shape index (κ2) is 7.85. The SMILES string of the molecule is CCCCc1nc(CN(CC(O)c2ccc(F)cc2)C2CC2)no1. The molecule has 1 aromatic heterocycles. The average Bonchev–Trinajstić information content (AvgIpc) is 3.33. The lowest BCUT2D eigenvalue weighted by atomic mass is 10.1. The fraction of sp³-hybridized carbons (Fsp3) is 0.556. The fourth-order valence-corrected chi connectivity index (χ4v) is 2.76. The molecule has 0 spiro atoms. The Morgan fingerprint density at radius 2 is 2.08 bits per heavy atom. The molecule has 2 aromatic rings. The first-order valence-electron chi connectivity index (χ1n) is 8.64. The molecule has 1 aliphatic carbocycles. The number of nitrogens with zero attached hydrogens (tertiary/aromatic N) is 3. The van der Waals surface area contributed by atoms with Gasteiger partial charge in [-0.3, -0.25) is 4.90 Å². The standard InChI is InChI=1S/C18H24FN3O2/c1-2-3-4-18-20-17(21-24-18)12-22(15-9-10-15)11-16(23)13-5-7-14(19)8-6-13/h5-8,15-16,23H,2-4,9-12H2,1H3. The lowest BCUT2D eigenvalue weighted by Gasteiger charge is -2.23. The minimum absolute atomic E-state index is 0.295. The molecule has 0 amide bonds. The van der Waals surface area contributed by atoms with Gasteiger partial charge < -0.3 is 9.63 Å². The molecule has 0 aliphatic heterocycles. The highest BCUT2D eigenvalue weighted by molar-refractivity contribution is 5.19. The summed E-state index contributed by atoms with van der Waals surface area (Å²) in [7, 11) is 0. The highest BCUT2D eigenvalue weighted by atomic mass is 19.1. The second-order valence-corrected chi connectivity index (χ2v) is 6.44. The highest BCUT2D eigenvalue weighted by Crippen LogP contribution is 2.30. The van der Waals surface area contributed by atoms with Crippen LogP contribution < -0.4 is 0 Å². The van der Waals surface area contributed by atoms with Gasteiger partial charge in [-0.25, -0.2) is 4.39 Å². The number of halogens is 1. The molecule has 0 saturated heterocycles. The largest absolute Gasteiger partial charge is 0.387 e. The molecule has 5 nitrogen and oxygen atoms in total. The van der Waals surface area contributed by atoms with E-state index in [1.807, 2.05) is 0 Å². The molecule has 24 heavy (non-hydrogen) atoms. The van der Waals surface area contributed by atoms with Crippen LogP contribution in [-0.2, 0) is 13.0 Å². The molecule has 0 radical (unpaired) electrons. The second-order valence-electron chi connectivity index (χ2n) is 6.44. The van der Waals surface area contributed by atoms with Gasteiger partial charge in [-0.2, -0.15) is 4.98 Å². The van der Waals surface area contributed by atoms with Crippen LogP contribution in [-0.4, -0.2) is 32.7 Å². The summed E-state index contributed by atoms with van der Waals surface area (Å²) >= 11 is 0. The third-order valence-electron chi connectivity index (χ3n) is 4.32. The Bertz CT molecular complexity index is 640. The van der Waals surface area contributed by atoms with E-state index >= 15 is 0 Å². The van der Waals surface area contributed by atoms with Crippen LogP contribution in [0.25, 0.3) is 0 Å². The van der Waals surface area contributed by atoms with E-state index in [2.05, 4.69) is 22.0 Å². The van der Waals surface area contributed by atoms with Gasteiger partial charge in [-0.1, -0.05) is 30.6 Å². The Labute approximate surface area is 141 Å². The number of rotatable bonds is 9. The van der Waals surface area contributed by atoms with E-state index in [-0.39, 0.29) is 5.82 Å². The Balaban J connectivity index is 1.60. The number of hydrogen-bond acceptors (Lipinski definition) is 5. The molecule has 1 unspecified atom stereocenters. The van der Waals surface area contributed by atoms with Gasteiger partial charge in [-0.15, -0.1) is 0 Å². The summed E-state index contributed by atoms with van der Waals surface area (Å²) < 4.78 is 18.3. The fourth-order valence-electron chi connectivity index (χ4n) is 2.76. The van der Waals surface area contributed by atoms with Crippen molar-refractivity contribution in [1.82, 2.24) is 15.0 Å². The van der Waals surface area contributed by atoms with Crippen molar-refractivity contribution in [2.24, 2.45) is 0 Å². The van der Waals surface area contributed by atoms with Crippen molar-refractivity contribution in [2.75, 3.05) is 6.54 Å². The van der Waals surface area contributed by atoms with E-state index in [1.165, 1.54) is 12.1 Å². The van der Waals surface area contributed by atoms with Crippen LogP contribution in [0.5, 0.6) is 0 Å². The number of aromatic nitrogens is 2. The normalized spacial score (nSPS) is 15.8. The predicted octanol–water partition coefficient (Wildman–Crippen LogP) is 3.25. The van der Waals surface area contributed by atoms with Gasteiger partial charge in [-0.05, 0) is 37.0 Å². The summed E-state index contributed by atoms with van der Waals surface area (Å²) in [6, 6.07) is 6.46. The first-order valence-corrected chi connectivity index (χ1v) is 8.64. The van der Waals surface area contributed by atoms with Crippen LogP contribution in [0.2, 0.25) is 0 Å². The van der Waals surface area contributed by atoms with Gasteiger partial charge in [0, 0.05) is 19.0 Å². The molecule has 0 bridgehead atoms. The van der Waals surface area contributed by atoms with Gasteiger partial charge in [0.15, 0.2) is 5.82 Å². The highest BCUT2D eigenvalue weighted by Gasteiger charge is 2.31. The molecule has 130 valence electrons. The minimum Gasteiger partial charge on any atom is -0.387 e. The van der Waals surface area contributed by atoms with Crippen molar-refractivity contribution in [3.63, 3.8) is 0 Å². The van der Waals surface area contributed by atoms with E-state index in [4.69, 9.17) is 4.52 Å². The van der Waals surface area contributed by atoms with E-state index in [1.54, 1.807) is 12.1 Å². The molecule has 1 aliphatic rings. The van der Waals surface area contributed by atoms with E-state index < -0.39 is 6.10 Å². The van der Waals surface area contributed by atoms with Crippen molar-refractivity contribution in [2.45, 2.75) is 57.7 Å². The number of aryl methyl sites for hydroxylation is 1. The van der Waals surface area contributed by atoms with E-state index in [0.29, 0.717) is 30.8 Å². The first-order chi connectivity index (χ1) is 11.7. The van der Waals surface area contributed by atoms with E-state index in [9.17, 15) is 9.50 Å². The Hall–Kier alpha value is -1.79. The zero-order valence-corrected chi connectivity index (χ0v) is 14.0. The number of aliphatic hydroxyl groups excluding tert-OH is 1. The maximum Gasteiger partial charge on any atom is 0.226 e. The topological polar surface area (TPSA) is 62.4 Å². The zero-order valence-electron chi connectivity index (χ0n) is 14.0. The lowest BCUT2D eigenvalue weighted by molar-refractivity contribution is 0.102. The third-order valence-corrected chi connectivity index (χ3v) is 4.32. The summed E-state index contributed by atoms with van der Waals surface area (Å²) in [4.78, 5) is 6.62. The van der Waals surface area contributed by atoms with E-state index in [0.717, 1.165) is 37.7 Å². The molecular formula is C18H24FN3O2. The summed E-state index contributed by atoms with van der Waals surface area (Å²) in [5.74, 6) is 1.05. The summed E-state index contributed by atoms with van der Waals surface area (Å²) in [5.41, 5.74) is 0.721. The molecule has 1 fully saturated rings. The number of benzene rings is 1. The van der Waals surface area contributed by atoms with Gasteiger partial charge >= 0.3 is 0 Å². The zero-order chi connectivity index (χ0) is 16.9. The molecule has 6 heteroatoms. The van der Waals surface area contributed by atoms with Crippen molar-refractivity contribution in [3.8, 4) is 0 Å². The number of hydrogen-bond donors (Lipinski definition) is 1. The van der Waals surface area contributed by atoms with Crippen LogP contribution in [0.3, 0.4) is 0 Å². The van der Waals surface area contributed by atoms with Crippen LogP contribution in [0.1, 0.15) is 56.0 Å². The van der Waals surface area contributed by atoms with Crippen molar-refractivity contribution >= 4 is 0 Å². The smallest absolute Gasteiger partial charge is 0.226 e. The average molecular weight is 333 g/mol. The molecule has 1 heterocycles. The Morgan fingerprint density at radius 3 is 2.75 bits per heavy atom. The van der Waals surface area contributed by atoms with Crippen molar-refractivity contribution < 1.29 is 14.0 Å². The molecule has 1 saturated carbocycles. The monoisotopic (exact) mass is 333 g/mol. The van der Waals surface area contributed by atoms with Gasteiger partial charge in [0.25, 0.3) is 0 Å². The van der Waals surface area contributed by atoms with Crippen LogP contribution in [0.4, 0.5) is 4.39 Å². The maximum absolute atomic E-state index is 13.0. The first kappa shape index (κ1) is 17.0. The van der Waals surface area contributed by atoms with Crippen LogP contribution >= 0.6 is 0 Å². The molecule has 1 atom stereocenters.